The lowest BCUT2D eigenvalue weighted by atomic mass is 9.99. The van der Waals surface area contributed by atoms with Gasteiger partial charge in [0.15, 0.2) is 0 Å². The van der Waals surface area contributed by atoms with E-state index in [9.17, 15) is 8.42 Å². The summed E-state index contributed by atoms with van der Waals surface area (Å²) in [5.41, 5.74) is 5.60. The van der Waals surface area contributed by atoms with Gasteiger partial charge >= 0.3 is 0 Å². The Morgan fingerprint density at radius 2 is 1.65 bits per heavy atom. The van der Waals surface area contributed by atoms with Crippen molar-refractivity contribution in [3.05, 3.63) is 0 Å². The van der Waals surface area contributed by atoms with E-state index in [0.717, 1.165) is 19.3 Å². The Bertz CT molecular complexity index is 322. The summed E-state index contributed by atoms with van der Waals surface area (Å²) < 4.78 is 25.7. The van der Waals surface area contributed by atoms with Crippen LogP contribution in [0.2, 0.25) is 0 Å². The van der Waals surface area contributed by atoms with Gasteiger partial charge in [-0.3, -0.25) is 0 Å². The average molecular weight is 283 g/mol. The van der Waals surface area contributed by atoms with Crippen molar-refractivity contribution in [3.8, 4) is 0 Å². The molecule has 0 aromatic rings. The van der Waals surface area contributed by atoms with Crippen molar-refractivity contribution in [2.24, 2.45) is 17.6 Å². The predicted molar refractivity (Wildman–Crippen MR) is 71.7 cm³/mol. The van der Waals surface area contributed by atoms with Gasteiger partial charge in [0.05, 0.1) is 5.75 Å². The van der Waals surface area contributed by atoms with Crippen molar-refractivity contribution >= 4 is 22.4 Å². The van der Waals surface area contributed by atoms with E-state index >= 15 is 0 Å². The number of piperidine rings is 1. The van der Waals surface area contributed by atoms with Crippen LogP contribution >= 0.6 is 12.4 Å². The molecule has 0 bridgehead atoms. The molecule has 2 rings (SSSR count). The lowest BCUT2D eigenvalue weighted by Crippen LogP contribution is -2.41. The summed E-state index contributed by atoms with van der Waals surface area (Å²) in [6.45, 7) is 2.04. The van der Waals surface area contributed by atoms with Crippen LogP contribution in [0.1, 0.15) is 32.1 Å². The molecule has 102 valence electrons. The molecule has 2 aliphatic rings. The predicted octanol–water partition coefficient (Wildman–Crippen LogP) is 1.21. The Morgan fingerprint density at radius 1 is 1.06 bits per heavy atom. The SMILES string of the molecule is Cl.NCC1CCN(S(=O)(=O)CCC2CC2)CC1. The van der Waals surface area contributed by atoms with Crippen LogP contribution in [-0.2, 0) is 10.0 Å². The minimum Gasteiger partial charge on any atom is -0.330 e. The van der Waals surface area contributed by atoms with E-state index in [2.05, 4.69) is 0 Å². The van der Waals surface area contributed by atoms with Crippen LogP contribution in [-0.4, -0.2) is 38.1 Å². The van der Waals surface area contributed by atoms with E-state index in [4.69, 9.17) is 5.73 Å². The number of halogens is 1. The minimum atomic E-state index is -2.98. The highest BCUT2D eigenvalue weighted by atomic mass is 35.5. The molecule has 6 heteroatoms. The summed E-state index contributed by atoms with van der Waals surface area (Å²) in [7, 11) is -2.98. The van der Waals surface area contributed by atoms with E-state index in [-0.39, 0.29) is 12.4 Å². The minimum absolute atomic E-state index is 0. The molecule has 1 saturated carbocycles. The normalized spacial score (nSPS) is 23.4. The van der Waals surface area contributed by atoms with Gasteiger partial charge in [-0.2, -0.15) is 0 Å². The quantitative estimate of drug-likeness (QED) is 0.824. The molecule has 1 aliphatic carbocycles. The van der Waals surface area contributed by atoms with Gasteiger partial charge in [-0.05, 0) is 37.6 Å². The molecule has 0 unspecified atom stereocenters. The Labute approximate surface area is 110 Å². The van der Waals surface area contributed by atoms with Crippen molar-refractivity contribution in [1.82, 2.24) is 4.31 Å². The van der Waals surface area contributed by atoms with Crippen molar-refractivity contribution in [3.63, 3.8) is 0 Å². The van der Waals surface area contributed by atoms with E-state index in [1.807, 2.05) is 0 Å². The molecule has 1 aliphatic heterocycles. The van der Waals surface area contributed by atoms with Gasteiger partial charge < -0.3 is 5.73 Å². The summed E-state index contributed by atoms with van der Waals surface area (Å²) in [5.74, 6) is 1.57. The Kier molecular flexibility index (Phi) is 5.70. The monoisotopic (exact) mass is 282 g/mol. The van der Waals surface area contributed by atoms with Gasteiger partial charge in [-0.1, -0.05) is 12.8 Å². The van der Waals surface area contributed by atoms with Crippen molar-refractivity contribution in [2.75, 3.05) is 25.4 Å². The third kappa shape index (κ3) is 4.39. The first-order valence-corrected chi connectivity index (χ1v) is 7.90. The molecule has 1 heterocycles. The first kappa shape index (κ1) is 15.2. The smallest absolute Gasteiger partial charge is 0.214 e. The highest BCUT2D eigenvalue weighted by molar-refractivity contribution is 7.89. The zero-order valence-electron chi connectivity index (χ0n) is 10.2. The van der Waals surface area contributed by atoms with Gasteiger partial charge in [0.2, 0.25) is 10.0 Å². The third-order valence-corrected chi connectivity index (χ3v) is 5.68. The van der Waals surface area contributed by atoms with Gasteiger partial charge in [0.25, 0.3) is 0 Å². The number of hydrogen-bond acceptors (Lipinski definition) is 3. The molecule has 0 radical (unpaired) electrons. The molecule has 0 atom stereocenters. The van der Waals surface area contributed by atoms with Crippen molar-refractivity contribution < 1.29 is 8.42 Å². The van der Waals surface area contributed by atoms with E-state index in [1.54, 1.807) is 4.31 Å². The van der Waals surface area contributed by atoms with Crippen molar-refractivity contribution in [1.29, 1.82) is 0 Å². The van der Waals surface area contributed by atoms with Gasteiger partial charge in [-0.15, -0.1) is 12.4 Å². The fourth-order valence-corrected chi connectivity index (χ4v) is 3.93. The summed E-state index contributed by atoms with van der Waals surface area (Å²) in [5, 5.41) is 0. The van der Waals surface area contributed by atoms with Gasteiger partial charge in [0, 0.05) is 13.1 Å². The van der Waals surface area contributed by atoms with E-state index < -0.39 is 10.0 Å². The fraction of sp³-hybridized carbons (Fsp3) is 1.00. The van der Waals surface area contributed by atoms with Crippen LogP contribution in [0.4, 0.5) is 0 Å². The van der Waals surface area contributed by atoms with Crippen molar-refractivity contribution in [2.45, 2.75) is 32.1 Å². The molecule has 17 heavy (non-hydrogen) atoms. The average Bonchev–Trinajstić information content (AvgIpc) is 3.10. The van der Waals surface area contributed by atoms with Crippen LogP contribution in [0.15, 0.2) is 0 Å². The molecule has 0 aromatic heterocycles. The number of nitrogens with zero attached hydrogens (tertiary/aromatic N) is 1. The molecule has 1 saturated heterocycles. The van der Waals surface area contributed by atoms with Crippen LogP contribution in [0.5, 0.6) is 0 Å². The Balaban J connectivity index is 0.00000144. The summed E-state index contributed by atoms with van der Waals surface area (Å²) in [4.78, 5) is 0. The highest BCUT2D eigenvalue weighted by Crippen LogP contribution is 2.33. The first-order valence-electron chi connectivity index (χ1n) is 6.29. The van der Waals surface area contributed by atoms with Crippen LogP contribution in [0.25, 0.3) is 0 Å². The lowest BCUT2D eigenvalue weighted by Gasteiger charge is -2.30. The molecular weight excluding hydrogens is 260 g/mol. The second kappa shape index (κ2) is 6.36. The number of rotatable bonds is 5. The van der Waals surface area contributed by atoms with Crippen LogP contribution in [0.3, 0.4) is 0 Å². The first-order chi connectivity index (χ1) is 7.62. The molecule has 2 N–H and O–H groups in total. The van der Waals surface area contributed by atoms with Gasteiger partial charge in [0.1, 0.15) is 0 Å². The zero-order chi connectivity index (χ0) is 11.6. The zero-order valence-corrected chi connectivity index (χ0v) is 11.8. The molecular formula is C11H23ClN2O2S. The van der Waals surface area contributed by atoms with E-state index in [0.29, 0.717) is 37.2 Å². The maximum Gasteiger partial charge on any atom is 0.214 e. The van der Waals surface area contributed by atoms with E-state index in [1.165, 1.54) is 12.8 Å². The summed E-state index contributed by atoms with van der Waals surface area (Å²) >= 11 is 0. The van der Waals surface area contributed by atoms with Crippen LogP contribution in [0, 0.1) is 11.8 Å². The molecule has 0 amide bonds. The Hall–Kier alpha value is 0.160. The summed E-state index contributed by atoms with van der Waals surface area (Å²) in [6, 6.07) is 0. The summed E-state index contributed by atoms with van der Waals surface area (Å²) in [6.07, 6.45) is 5.17. The molecule has 2 fully saturated rings. The number of nitrogens with two attached hydrogens (primary N) is 1. The fourth-order valence-electron chi connectivity index (χ4n) is 2.27. The second-order valence-corrected chi connectivity index (χ2v) is 7.21. The largest absolute Gasteiger partial charge is 0.330 e. The van der Waals surface area contributed by atoms with Crippen LogP contribution < -0.4 is 5.73 Å². The maximum absolute atomic E-state index is 12.0. The van der Waals surface area contributed by atoms with Gasteiger partial charge in [-0.25, -0.2) is 12.7 Å². The standard InChI is InChI=1S/C11H22N2O2S.ClH/c12-9-11-3-6-13(7-4-11)16(14,15)8-5-10-1-2-10;/h10-11H,1-9,12H2;1H. The Morgan fingerprint density at radius 3 is 2.12 bits per heavy atom. The topological polar surface area (TPSA) is 63.4 Å². The molecule has 0 aromatic carbocycles. The number of sulfonamides is 1. The molecule has 0 spiro atoms. The maximum atomic E-state index is 12.0. The number of hydrogen-bond donors (Lipinski definition) is 1. The lowest BCUT2D eigenvalue weighted by molar-refractivity contribution is 0.278. The highest BCUT2D eigenvalue weighted by Gasteiger charge is 2.30. The second-order valence-electron chi connectivity index (χ2n) is 5.13. The third-order valence-electron chi connectivity index (χ3n) is 3.78. The molecule has 4 nitrogen and oxygen atoms in total.